The topological polar surface area (TPSA) is 51.7 Å². The zero-order chi connectivity index (χ0) is 25.4. The van der Waals surface area contributed by atoms with Crippen molar-refractivity contribution >= 4 is 25.0 Å². The van der Waals surface area contributed by atoms with Gasteiger partial charge in [-0.2, -0.15) is 0 Å². The third kappa shape index (κ3) is 6.12. The summed E-state index contributed by atoms with van der Waals surface area (Å²) in [5.74, 6) is 1.12. The molecule has 2 heterocycles. The molecule has 0 spiro atoms. The fourth-order valence-corrected chi connectivity index (χ4v) is 9.85. The molecule has 36 heavy (non-hydrogen) atoms. The minimum atomic E-state index is -2.48. The fourth-order valence-electron chi connectivity index (χ4n) is 5.21. The summed E-state index contributed by atoms with van der Waals surface area (Å²) >= 11 is 0. The Bertz CT molecular complexity index is 1040. The molecule has 0 N–H and O–H groups in total. The standard InChI is InChI=1S/C30H38N2O3Si/c1-30(2,3)36(27-10-6-4-7-11-27,28-12-8-5-9-13-28)35-24-25-16-18-32(19-17-25)20-21-34-29-15-14-26(23-33)22-31-29/h4-15,22-23,25H,16-21,24H2,1-3H3. The van der Waals surface area contributed by atoms with E-state index in [1.54, 1.807) is 18.3 Å². The maximum atomic E-state index is 10.8. The molecule has 4 rings (SSSR count). The number of piperidine rings is 1. The van der Waals surface area contributed by atoms with Crippen LogP contribution in [0.2, 0.25) is 5.04 Å². The molecule has 1 fully saturated rings. The second-order valence-electron chi connectivity index (χ2n) is 10.7. The Balaban J connectivity index is 1.35. The molecule has 0 saturated carbocycles. The van der Waals surface area contributed by atoms with Crippen molar-refractivity contribution in [3.8, 4) is 5.88 Å². The SMILES string of the molecule is CC(C)(C)[Si](OCC1CCN(CCOc2ccc(C=O)cn2)CC1)(c1ccccc1)c1ccccc1. The summed E-state index contributed by atoms with van der Waals surface area (Å²) in [6, 6.07) is 25.3. The van der Waals surface area contributed by atoms with Gasteiger partial charge in [0, 0.05) is 31.0 Å². The van der Waals surface area contributed by atoms with Crippen molar-refractivity contribution in [3.63, 3.8) is 0 Å². The lowest BCUT2D eigenvalue weighted by atomic mass is 9.98. The first-order valence-electron chi connectivity index (χ1n) is 12.9. The third-order valence-electron chi connectivity index (χ3n) is 7.21. The minimum Gasteiger partial charge on any atom is -0.476 e. The Morgan fingerprint density at radius 1 is 0.944 bits per heavy atom. The van der Waals surface area contributed by atoms with Gasteiger partial charge >= 0.3 is 0 Å². The number of rotatable bonds is 10. The second-order valence-corrected chi connectivity index (χ2v) is 15.0. The van der Waals surface area contributed by atoms with Gasteiger partial charge in [0.15, 0.2) is 6.29 Å². The lowest BCUT2D eigenvalue weighted by Gasteiger charge is -2.44. The normalized spacial score (nSPS) is 15.5. The first-order valence-corrected chi connectivity index (χ1v) is 14.8. The molecule has 0 aliphatic carbocycles. The molecule has 0 bridgehead atoms. The van der Waals surface area contributed by atoms with Gasteiger partial charge in [0.05, 0.1) is 0 Å². The Morgan fingerprint density at radius 2 is 1.56 bits per heavy atom. The number of nitrogens with zero attached hydrogens (tertiary/aromatic N) is 2. The van der Waals surface area contributed by atoms with Crippen LogP contribution in [0.3, 0.4) is 0 Å². The number of ether oxygens (including phenoxy) is 1. The van der Waals surface area contributed by atoms with Crippen LogP contribution in [-0.2, 0) is 4.43 Å². The van der Waals surface area contributed by atoms with Crippen LogP contribution in [-0.4, -0.2) is 57.3 Å². The molecule has 3 aromatic rings. The summed E-state index contributed by atoms with van der Waals surface area (Å²) in [6.07, 6.45) is 4.59. The van der Waals surface area contributed by atoms with E-state index in [-0.39, 0.29) is 5.04 Å². The third-order valence-corrected chi connectivity index (χ3v) is 12.2. The van der Waals surface area contributed by atoms with Gasteiger partial charge in [-0.05, 0) is 53.3 Å². The Hall–Kier alpha value is -2.80. The van der Waals surface area contributed by atoms with E-state index in [2.05, 4.69) is 91.3 Å². The van der Waals surface area contributed by atoms with Crippen molar-refractivity contribution in [2.75, 3.05) is 32.8 Å². The molecule has 0 atom stereocenters. The molecular formula is C30H38N2O3Si. The molecular weight excluding hydrogens is 464 g/mol. The summed E-state index contributed by atoms with van der Waals surface area (Å²) in [4.78, 5) is 17.4. The van der Waals surface area contributed by atoms with Gasteiger partial charge in [-0.3, -0.25) is 9.69 Å². The molecule has 0 amide bonds. The van der Waals surface area contributed by atoms with Crippen molar-refractivity contribution in [3.05, 3.63) is 84.6 Å². The number of pyridine rings is 1. The number of aromatic nitrogens is 1. The summed E-state index contributed by atoms with van der Waals surface area (Å²) in [6.45, 7) is 11.4. The van der Waals surface area contributed by atoms with Crippen LogP contribution in [0.25, 0.3) is 0 Å². The van der Waals surface area contributed by atoms with Gasteiger partial charge in [0.1, 0.15) is 6.61 Å². The molecule has 0 radical (unpaired) electrons. The van der Waals surface area contributed by atoms with E-state index < -0.39 is 8.32 Å². The van der Waals surface area contributed by atoms with Gasteiger partial charge in [-0.15, -0.1) is 0 Å². The van der Waals surface area contributed by atoms with Crippen LogP contribution in [0, 0.1) is 5.92 Å². The number of likely N-dealkylation sites (tertiary alicyclic amines) is 1. The van der Waals surface area contributed by atoms with E-state index >= 15 is 0 Å². The Morgan fingerprint density at radius 3 is 2.06 bits per heavy atom. The molecule has 2 aromatic carbocycles. The van der Waals surface area contributed by atoms with Crippen molar-refractivity contribution in [2.24, 2.45) is 5.92 Å². The molecule has 0 unspecified atom stereocenters. The van der Waals surface area contributed by atoms with Gasteiger partial charge in [0.25, 0.3) is 8.32 Å². The highest BCUT2D eigenvalue weighted by Crippen LogP contribution is 2.37. The van der Waals surface area contributed by atoms with Crippen LogP contribution in [0.15, 0.2) is 79.0 Å². The predicted molar refractivity (Wildman–Crippen MR) is 148 cm³/mol. The highest BCUT2D eigenvalue weighted by Gasteiger charge is 2.50. The number of carbonyl (C=O) groups is 1. The predicted octanol–water partition coefficient (Wildman–Crippen LogP) is 4.56. The van der Waals surface area contributed by atoms with E-state index in [4.69, 9.17) is 9.16 Å². The van der Waals surface area contributed by atoms with Gasteiger partial charge in [0.2, 0.25) is 5.88 Å². The summed E-state index contributed by atoms with van der Waals surface area (Å²) < 4.78 is 12.9. The van der Waals surface area contributed by atoms with E-state index in [0.29, 0.717) is 24.0 Å². The molecule has 6 heteroatoms. The average Bonchev–Trinajstić information content (AvgIpc) is 2.91. The molecule has 190 valence electrons. The highest BCUT2D eigenvalue weighted by molar-refractivity contribution is 6.99. The van der Waals surface area contributed by atoms with Crippen molar-refractivity contribution in [2.45, 2.75) is 38.7 Å². The van der Waals surface area contributed by atoms with E-state index in [1.165, 1.54) is 10.4 Å². The first-order chi connectivity index (χ1) is 17.4. The van der Waals surface area contributed by atoms with Crippen LogP contribution < -0.4 is 15.1 Å². The largest absolute Gasteiger partial charge is 0.476 e. The number of hydrogen-bond donors (Lipinski definition) is 0. The minimum absolute atomic E-state index is 0.00566. The molecule has 1 aromatic heterocycles. The fraction of sp³-hybridized carbons (Fsp3) is 0.400. The maximum Gasteiger partial charge on any atom is 0.261 e. The summed E-state index contributed by atoms with van der Waals surface area (Å²) in [7, 11) is -2.48. The van der Waals surface area contributed by atoms with Crippen LogP contribution in [0.4, 0.5) is 0 Å². The van der Waals surface area contributed by atoms with Gasteiger partial charge in [-0.25, -0.2) is 4.98 Å². The quantitative estimate of drug-likeness (QED) is 0.300. The smallest absolute Gasteiger partial charge is 0.261 e. The highest BCUT2D eigenvalue weighted by atomic mass is 28.4. The van der Waals surface area contributed by atoms with Crippen LogP contribution in [0.1, 0.15) is 44.0 Å². The van der Waals surface area contributed by atoms with E-state index in [9.17, 15) is 4.79 Å². The van der Waals surface area contributed by atoms with Crippen LogP contribution >= 0.6 is 0 Å². The van der Waals surface area contributed by atoms with Crippen molar-refractivity contribution in [1.29, 1.82) is 0 Å². The monoisotopic (exact) mass is 502 g/mol. The zero-order valence-corrected chi connectivity index (χ0v) is 22.7. The van der Waals surface area contributed by atoms with Crippen molar-refractivity contribution < 1.29 is 14.0 Å². The van der Waals surface area contributed by atoms with Gasteiger partial charge in [-0.1, -0.05) is 81.4 Å². The van der Waals surface area contributed by atoms with Crippen LogP contribution in [0.5, 0.6) is 5.88 Å². The number of aldehydes is 1. The lowest BCUT2D eigenvalue weighted by molar-refractivity contribution is 0.112. The number of hydrogen-bond acceptors (Lipinski definition) is 5. The van der Waals surface area contributed by atoms with Gasteiger partial charge < -0.3 is 9.16 Å². The zero-order valence-electron chi connectivity index (χ0n) is 21.7. The molecule has 1 saturated heterocycles. The van der Waals surface area contributed by atoms with E-state index in [1.807, 2.05) is 0 Å². The average molecular weight is 503 g/mol. The second kappa shape index (κ2) is 12.0. The Kier molecular flexibility index (Phi) is 8.72. The first kappa shape index (κ1) is 26.3. The molecule has 1 aliphatic heterocycles. The molecule has 5 nitrogen and oxygen atoms in total. The van der Waals surface area contributed by atoms with E-state index in [0.717, 1.165) is 45.4 Å². The Labute approximate surface area is 216 Å². The number of carbonyl (C=O) groups excluding carboxylic acids is 1. The number of benzene rings is 2. The lowest BCUT2D eigenvalue weighted by Crippen LogP contribution is -2.67. The summed E-state index contributed by atoms with van der Waals surface area (Å²) in [5, 5.41) is 2.69. The molecule has 1 aliphatic rings. The maximum absolute atomic E-state index is 10.8. The summed E-state index contributed by atoms with van der Waals surface area (Å²) in [5.41, 5.74) is 0.560. The van der Waals surface area contributed by atoms with Crippen molar-refractivity contribution in [1.82, 2.24) is 9.88 Å².